The maximum atomic E-state index is 12.8. The smallest absolute Gasteiger partial charge is 0.350 e. The summed E-state index contributed by atoms with van der Waals surface area (Å²) in [7, 11) is 3.74. The van der Waals surface area contributed by atoms with E-state index in [0.717, 1.165) is 27.7 Å². The summed E-state index contributed by atoms with van der Waals surface area (Å²) in [4.78, 5) is 6.75. The molecule has 3 heterocycles. The number of nitrogens with one attached hydrogen (secondary N) is 1. The first-order valence-electron chi connectivity index (χ1n) is 7.99. The van der Waals surface area contributed by atoms with Crippen LogP contribution in [-0.2, 0) is 19.1 Å². The minimum Gasteiger partial charge on any atom is -0.350 e. The quantitative estimate of drug-likeness (QED) is 0.469. The molecule has 27 heavy (non-hydrogen) atoms. The lowest BCUT2D eigenvalue weighted by Gasteiger charge is -2.28. The van der Waals surface area contributed by atoms with E-state index in [4.69, 9.17) is 11.6 Å². The van der Waals surface area contributed by atoms with E-state index < -0.39 is 11.7 Å². The first-order valence-corrected chi connectivity index (χ1v) is 9.18. The van der Waals surface area contributed by atoms with Crippen LogP contribution in [0.15, 0.2) is 12.3 Å². The Hall–Kier alpha value is -2.31. The van der Waals surface area contributed by atoms with E-state index in [2.05, 4.69) is 16.4 Å². The van der Waals surface area contributed by atoms with Crippen molar-refractivity contribution in [3.05, 3.63) is 38.9 Å². The Morgan fingerprint density at radius 2 is 2.19 bits per heavy atom. The lowest BCUT2D eigenvalue weighted by atomic mass is 10.0. The summed E-state index contributed by atoms with van der Waals surface area (Å²) < 4.78 is 40.2. The van der Waals surface area contributed by atoms with Crippen LogP contribution < -0.4 is 10.2 Å². The van der Waals surface area contributed by atoms with Gasteiger partial charge in [-0.2, -0.15) is 18.4 Å². The van der Waals surface area contributed by atoms with Gasteiger partial charge in [-0.1, -0.05) is 22.9 Å². The van der Waals surface area contributed by atoms with Gasteiger partial charge in [0.25, 0.3) is 0 Å². The minimum absolute atomic E-state index is 0.0374. The number of anilines is 2. The molecule has 10 heteroatoms. The molecular formula is C17H16ClF3N5S+. The zero-order valence-corrected chi connectivity index (χ0v) is 16.1. The fraction of sp³-hybridized carbons (Fsp3) is 0.353. The number of alkyl halides is 3. The highest BCUT2D eigenvalue weighted by molar-refractivity contribution is 7.16. The highest BCUT2D eigenvalue weighted by Gasteiger charge is 2.33. The Morgan fingerprint density at radius 1 is 1.44 bits per heavy atom. The van der Waals surface area contributed by atoms with E-state index >= 15 is 0 Å². The van der Waals surface area contributed by atoms with Gasteiger partial charge in [0, 0.05) is 17.6 Å². The molecule has 0 aliphatic carbocycles. The van der Waals surface area contributed by atoms with Crippen LogP contribution in [0.25, 0.3) is 0 Å². The van der Waals surface area contributed by atoms with Gasteiger partial charge in [0.1, 0.15) is 17.5 Å². The Morgan fingerprint density at radius 3 is 2.78 bits per heavy atom. The molecule has 1 aliphatic heterocycles. The molecule has 0 saturated carbocycles. The molecule has 1 N–H and O–H groups in total. The van der Waals surface area contributed by atoms with Crippen LogP contribution in [0.5, 0.6) is 0 Å². The second kappa shape index (κ2) is 7.37. The van der Waals surface area contributed by atoms with Gasteiger partial charge in [-0.05, 0) is 18.1 Å². The second-order valence-electron chi connectivity index (χ2n) is 6.26. The summed E-state index contributed by atoms with van der Waals surface area (Å²) in [5, 5.41) is 13.3. The number of pyridine rings is 1. The second-order valence-corrected chi connectivity index (χ2v) is 7.77. The minimum atomic E-state index is -4.48. The Labute approximate surface area is 163 Å². The molecule has 0 amide bonds. The number of nitriles is 1. The Kier molecular flexibility index (Phi) is 5.31. The first-order chi connectivity index (χ1) is 12.7. The third-order valence-electron chi connectivity index (χ3n) is 4.07. The summed E-state index contributed by atoms with van der Waals surface area (Å²) in [5.74, 6) is 0.316. The first kappa shape index (κ1) is 19.5. The highest BCUT2D eigenvalue weighted by atomic mass is 35.5. The normalized spacial score (nSPS) is 13.7. The number of fused-ring (bicyclic) bond motifs is 1. The summed E-state index contributed by atoms with van der Waals surface area (Å²) >= 11 is 7.52. The summed E-state index contributed by atoms with van der Waals surface area (Å²) in [6.07, 6.45) is -1.34. The standard InChI is InChI=1S/C17H15ClF3N5S/c1-25(2)9-24-16-12(6-22)11-3-4-26(8-14(11)27-16)15-13(18)5-10(7-23-15)17(19,20)21/h5,7,9H,3-4,8H2,1-2H3/p+1. The molecule has 0 radical (unpaired) electrons. The molecule has 0 unspecified atom stereocenters. The monoisotopic (exact) mass is 414 g/mol. The molecule has 0 saturated heterocycles. The van der Waals surface area contributed by atoms with Gasteiger partial charge in [0.15, 0.2) is 5.00 Å². The molecule has 0 aromatic carbocycles. The van der Waals surface area contributed by atoms with Gasteiger partial charge in [-0.3, -0.25) is 4.58 Å². The SMILES string of the molecule is C[N+](C)=CNc1sc2c(c1C#N)CCN(c1ncc(C(F)(F)F)cc1Cl)C2. The van der Waals surface area contributed by atoms with Crippen molar-refractivity contribution in [3.8, 4) is 6.07 Å². The predicted molar refractivity (Wildman–Crippen MR) is 99.8 cm³/mol. The van der Waals surface area contributed by atoms with Gasteiger partial charge in [-0.15, -0.1) is 0 Å². The van der Waals surface area contributed by atoms with Crippen molar-refractivity contribution in [2.24, 2.45) is 0 Å². The summed E-state index contributed by atoms with van der Waals surface area (Å²) in [6.45, 7) is 0.962. The lowest BCUT2D eigenvalue weighted by Crippen LogP contribution is -2.30. The largest absolute Gasteiger partial charge is 0.417 e. The number of halogens is 4. The summed E-state index contributed by atoms with van der Waals surface area (Å²) in [5.41, 5.74) is 0.707. The number of aromatic nitrogens is 1. The van der Waals surface area contributed by atoms with Crippen molar-refractivity contribution in [2.75, 3.05) is 30.9 Å². The van der Waals surface area contributed by atoms with Crippen LogP contribution in [-0.4, -0.2) is 36.5 Å². The van der Waals surface area contributed by atoms with E-state index in [0.29, 0.717) is 30.9 Å². The molecule has 1 aliphatic rings. The topological polar surface area (TPSA) is 55.0 Å². The number of hydrogen-bond acceptors (Lipinski definition) is 4. The molecular weight excluding hydrogens is 399 g/mol. The molecule has 2 aromatic heterocycles. The molecule has 0 atom stereocenters. The van der Waals surface area contributed by atoms with Crippen LogP contribution >= 0.6 is 22.9 Å². The van der Waals surface area contributed by atoms with Crippen molar-refractivity contribution in [1.82, 2.24) is 4.98 Å². The molecule has 5 nitrogen and oxygen atoms in total. The van der Waals surface area contributed by atoms with Crippen LogP contribution in [0.1, 0.15) is 21.6 Å². The zero-order valence-electron chi connectivity index (χ0n) is 14.6. The van der Waals surface area contributed by atoms with Crippen molar-refractivity contribution in [3.63, 3.8) is 0 Å². The molecule has 0 spiro atoms. The molecule has 2 aromatic rings. The van der Waals surface area contributed by atoms with E-state index in [1.54, 1.807) is 6.34 Å². The predicted octanol–water partition coefficient (Wildman–Crippen LogP) is 3.96. The Balaban J connectivity index is 1.89. The van der Waals surface area contributed by atoms with Crippen molar-refractivity contribution < 1.29 is 17.7 Å². The zero-order chi connectivity index (χ0) is 19.8. The van der Waals surface area contributed by atoms with E-state index in [1.165, 1.54) is 11.3 Å². The van der Waals surface area contributed by atoms with Crippen LogP contribution in [0.4, 0.5) is 24.0 Å². The van der Waals surface area contributed by atoms with E-state index in [-0.39, 0.29) is 5.02 Å². The molecule has 142 valence electrons. The average molecular weight is 415 g/mol. The molecule has 3 rings (SSSR count). The Bertz CT molecular complexity index is 941. The van der Waals surface area contributed by atoms with Gasteiger partial charge >= 0.3 is 6.18 Å². The lowest BCUT2D eigenvalue weighted by molar-refractivity contribution is -0.459. The van der Waals surface area contributed by atoms with Crippen LogP contribution in [0.3, 0.4) is 0 Å². The number of nitrogens with zero attached hydrogens (tertiary/aromatic N) is 4. The third kappa shape index (κ3) is 4.01. The van der Waals surface area contributed by atoms with Crippen molar-refractivity contribution in [1.29, 1.82) is 5.26 Å². The fourth-order valence-electron chi connectivity index (χ4n) is 2.81. The maximum absolute atomic E-state index is 12.8. The van der Waals surface area contributed by atoms with Gasteiger partial charge < -0.3 is 4.90 Å². The van der Waals surface area contributed by atoms with Crippen LogP contribution in [0.2, 0.25) is 5.02 Å². The molecule has 0 fully saturated rings. The third-order valence-corrected chi connectivity index (χ3v) is 5.50. The maximum Gasteiger partial charge on any atom is 0.417 e. The van der Waals surface area contributed by atoms with Crippen molar-refractivity contribution in [2.45, 2.75) is 19.1 Å². The average Bonchev–Trinajstić information content (AvgIpc) is 2.95. The van der Waals surface area contributed by atoms with Crippen LogP contribution in [0, 0.1) is 11.3 Å². The van der Waals surface area contributed by atoms with E-state index in [9.17, 15) is 18.4 Å². The van der Waals surface area contributed by atoms with Crippen molar-refractivity contribution >= 4 is 40.1 Å². The number of hydrogen-bond donors (Lipinski definition) is 1. The number of rotatable bonds is 3. The highest BCUT2D eigenvalue weighted by Crippen LogP contribution is 2.39. The van der Waals surface area contributed by atoms with Gasteiger partial charge in [0.2, 0.25) is 6.34 Å². The molecule has 0 bridgehead atoms. The summed E-state index contributed by atoms with van der Waals surface area (Å²) in [6, 6.07) is 3.14. The fourth-order valence-corrected chi connectivity index (χ4v) is 4.27. The number of thiophene rings is 1. The van der Waals surface area contributed by atoms with E-state index in [1.807, 2.05) is 23.6 Å². The van der Waals surface area contributed by atoms with Gasteiger partial charge in [0.05, 0.1) is 31.2 Å². The van der Waals surface area contributed by atoms with Gasteiger partial charge in [-0.25, -0.2) is 10.3 Å².